The summed E-state index contributed by atoms with van der Waals surface area (Å²) in [4.78, 5) is 35.7. The molecular formula is C25H25ClFN5O4. The highest BCUT2D eigenvalue weighted by atomic mass is 35.5. The molecule has 2 aliphatic rings. The molecule has 11 heteroatoms. The molecule has 5 rings (SSSR count). The van der Waals surface area contributed by atoms with E-state index in [1.807, 2.05) is 22.7 Å². The van der Waals surface area contributed by atoms with Gasteiger partial charge in [0.2, 0.25) is 5.95 Å². The lowest BCUT2D eigenvalue weighted by atomic mass is 10.0. The first-order valence-electron chi connectivity index (χ1n) is 11.8. The van der Waals surface area contributed by atoms with E-state index in [2.05, 4.69) is 15.1 Å². The monoisotopic (exact) mass is 513 g/mol. The number of esters is 1. The predicted molar refractivity (Wildman–Crippen MR) is 130 cm³/mol. The Labute approximate surface area is 212 Å². The van der Waals surface area contributed by atoms with Crippen LogP contribution in [0.3, 0.4) is 0 Å². The van der Waals surface area contributed by atoms with Crippen LogP contribution in [0.25, 0.3) is 11.3 Å². The molecule has 9 nitrogen and oxygen atoms in total. The fraction of sp³-hybridized carbons (Fsp3) is 0.400. The average molecular weight is 514 g/mol. The summed E-state index contributed by atoms with van der Waals surface area (Å²) in [6, 6.07) is 4.48. The number of hydrogen-bond donors (Lipinski definition) is 0. The summed E-state index contributed by atoms with van der Waals surface area (Å²) in [5.74, 6) is -1.30. The Morgan fingerprint density at radius 1 is 1.31 bits per heavy atom. The molecule has 2 aromatic heterocycles. The van der Waals surface area contributed by atoms with E-state index in [4.69, 9.17) is 21.1 Å². The van der Waals surface area contributed by atoms with Crippen molar-refractivity contribution in [2.45, 2.75) is 44.9 Å². The number of aromatic nitrogens is 4. The van der Waals surface area contributed by atoms with Gasteiger partial charge in [0, 0.05) is 28.9 Å². The Balaban J connectivity index is 1.57. The van der Waals surface area contributed by atoms with E-state index in [0.717, 1.165) is 24.5 Å². The van der Waals surface area contributed by atoms with Gasteiger partial charge in [-0.15, -0.1) is 0 Å². The number of aldehydes is 1. The van der Waals surface area contributed by atoms with Crippen molar-refractivity contribution in [3.8, 4) is 11.3 Å². The topological polar surface area (TPSA) is 99.4 Å². The Morgan fingerprint density at radius 3 is 2.81 bits per heavy atom. The van der Waals surface area contributed by atoms with E-state index in [9.17, 15) is 14.0 Å². The molecule has 0 bridgehead atoms. The lowest BCUT2D eigenvalue weighted by Crippen LogP contribution is -2.44. The number of benzene rings is 1. The zero-order valence-electron chi connectivity index (χ0n) is 19.9. The van der Waals surface area contributed by atoms with E-state index < -0.39 is 11.8 Å². The van der Waals surface area contributed by atoms with Crippen LogP contribution in [-0.2, 0) is 9.47 Å². The normalized spacial score (nSPS) is 19.8. The van der Waals surface area contributed by atoms with Gasteiger partial charge in [0.15, 0.2) is 12.0 Å². The molecule has 2 fully saturated rings. The third-order valence-electron chi connectivity index (χ3n) is 6.16. The fourth-order valence-corrected chi connectivity index (χ4v) is 4.47. The standard InChI is InChI=1S/C25H25ClFN5O4/c1-3-35-24(34)23-19(13-33)22(18-7-4-16(26)8-20(18)27)29-25(30-23)31-10-14(2)36-21(12-31)15-9-28-32(11-15)17-5-6-17/h4,7-9,11,13-14,17,21H,3,5-6,10,12H2,1-2H3/t14-,21-/m1/s1. The van der Waals surface area contributed by atoms with Crippen molar-refractivity contribution in [3.63, 3.8) is 0 Å². The Hall–Kier alpha value is -3.37. The van der Waals surface area contributed by atoms with Crippen LogP contribution in [-0.4, -0.2) is 57.8 Å². The highest BCUT2D eigenvalue weighted by Gasteiger charge is 2.33. The van der Waals surface area contributed by atoms with Gasteiger partial charge in [-0.25, -0.2) is 19.2 Å². The number of anilines is 1. The van der Waals surface area contributed by atoms with Gasteiger partial charge in [-0.2, -0.15) is 5.10 Å². The van der Waals surface area contributed by atoms with Crippen LogP contribution in [0.5, 0.6) is 0 Å². The number of halogens is 2. The SMILES string of the molecule is CCOC(=O)c1nc(N2C[C@@H](C)O[C@@H](c3cnn(C4CC4)c3)C2)nc(-c2ccc(Cl)cc2F)c1C=O. The molecule has 0 radical (unpaired) electrons. The van der Waals surface area contributed by atoms with E-state index in [1.54, 1.807) is 13.1 Å². The van der Waals surface area contributed by atoms with Gasteiger partial charge in [0.25, 0.3) is 0 Å². The second-order valence-electron chi connectivity index (χ2n) is 8.92. The molecule has 0 amide bonds. The van der Waals surface area contributed by atoms with E-state index >= 15 is 0 Å². The molecule has 3 aromatic rings. The highest BCUT2D eigenvalue weighted by Crippen LogP contribution is 2.36. The van der Waals surface area contributed by atoms with Crippen LogP contribution in [0, 0.1) is 5.82 Å². The maximum absolute atomic E-state index is 14.9. The van der Waals surface area contributed by atoms with Gasteiger partial charge in [-0.1, -0.05) is 11.6 Å². The number of nitrogens with zero attached hydrogens (tertiary/aromatic N) is 5. The third kappa shape index (κ3) is 4.83. The molecular weight excluding hydrogens is 489 g/mol. The van der Waals surface area contributed by atoms with Crippen LogP contribution >= 0.6 is 11.6 Å². The van der Waals surface area contributed by atoms with Crippen molar-refractivity contribution in [1.29, 1.82) is 0 Å². The van der Waals surface area contributed by atoms with Crippen molar-refractivity contribution in [3.05, 3.63) is 58.3 Å². The second kappa shape index (κ2) is 9.94. The number of ether oxygens (including phenoxy) is 2. The highest BCUT2D eigenvalue weighted by molar-refractivity contribution is 6.30. The maximum Gasteiger partial charge on any atom is 0.357 e. The molecule has 2 atom stereocenters. The quantitative estimate of drug-likeness (QED) is 0.338. The zero-order chi connectivity index (χ0) is 25.4. The molecule has 36 heavy (non-hydrogen) atoms. The number of hydrogen-bond acceptors (Lipinski definition) is 8. The van der Waals surface area contributed by atoms with Crippen LogP contribution in [0.4, 0.5) is 10.3 Å². The molecule has 1 aromatic carbocycles. The first kappa shape index (κ1) is 24.3. The minimum absolute atomic E-state index is 0.00975. The summed E-state index contributed by atoms with van der Waals surface area (Å²) in [6.07, 6.45) is 5.97. The minimum atomic E-state index is -0.789. The molecule has 1 aliphatic heterocycles. The average Bonchev–Trinajstić information content (AvgIpc) is 3.59. The van der Waals surface area contributed by atoms with Gasteiger partial charge in [-0.3, -0.25) is 9.48 Å². The van der Waals surface area contributed by atoms with Gasteiger partial charge in [0.05, 0.1) is 42.8 Å². The zero-order valence-corrected chi connectivity index (χ0v) is 20.6. The molecule has 1 aliphatic carbocycles. The van der Waals surface area contributed by atoms with Gasteiger partial charge < -0.3 is 14.4 Å². The maximum atomic E-state index is 14.9. The van der Waals surface area contributed by atoms with Gasteiger partial charge in [-0.05, 0) is 44.9 Å². The predicted octanol–water partition coefficient (Wildman–Crippen LogP) is 4.42. The van der Waals surface area contributed by atoms with Crippen LogP contribution in [0.15, 0.2) is 30.6 Å². The largest absolute Gasteiger partial charge is 0.461 e. The number of morpholine rings is 1. The van der Waals surface area contributed by atoms with Crippen LogP contribution in [0.2, 0.25) is 5.02 Å². The fourth-order valence-electron chi connectivity index (χ4n) is 4.31. The molecule has 1 saturated heterocycles. The molecule has 0 spiro atoms. The molecule has 0 N–H and O–H groups in total. The van der Waals surface area contributed by atoms with Crippen LogP contribution < -0.4 is 4.90 Å². The first-order valence-corrected chi connectivity index (χ1v) is 12.2. The van der Waals surface area contributed by atoms with Crippen molar-refractivity contribution in [2.24, 2.45) is 0 Å². The third-order valence-corrected chi connectivity index (χ3v) is 6.40. The number of rotatable bonds is 7. The Morgan fingerprint density at radius 2 is 2.11 bits per heavy atom. The molecule has 0 unspecified atom stereocenters. The number of carbonyl (C=O) groups is 2. The minimum Gasteiger partial charge on any atom is -0.461 e. The smallest absolute Gasteiger partial charge is 0.357 e. The summed E-state index contributed by atoms with van der Waals surface area (Å²) in [5.41, 5.74) is 0.571. The lowest BCUT2D eigenvalue weighted by Gasteiger charge is -2.36. The van der Waals surface area contributed by atoms with Gasteiger partial charge in [0.1, 0.15) is 11.9 Å². The number of carbonyl (C=O) groups excluding carboxylic acids is 2. The van der Waals surface area contributed by atoms with Crippen molar-refractivity contribution in [1.82, 2.24) is 19.7 Å². The van der Waals surface area contributed by atoms with Crippen molar-refractivity contribution in [2.75, 3.05) is 24.6 Å². The van der Waals surface area contributed by atoms with Crippen molar-refractivity contribution >= 4 is 29.8 Å². The molecule has 3 heterocycles. The van der Waals surface area contributed by atoms with Gasteiger partial charge >= 0.3 is 5.97 Å². The Bertz CT molecular complexity index is 1310. The summed E-state index contributed by atoms with van der Waals surface area (Å²) in [7, 11) is 0. The molecule has 188 valence electrons. The summed E-state index contributed by atoms with van der Waals surface area (Å²) >= 11 is 5.92. The Kier molecular flexibility index (Phi) is 6.72. The summed E-state index contributed by atoms with van der Waals surface area (Å²) in [6.45, 7) is 4.47. The van der Waals surface area contributed by atoms with Crippen molar-refractivity contribution < 1.29 is 23.5 Å². The summed E-state index contributed by atoms with van der Waals surface area (Å²) in [5, 5.41) is 4.66. The van der Waals surface area contributed by atoms with E-state index in [1.165, 1.54) is 12.1 Å². The van der Waals surface area contributed by atoms with E-state index in [0.29, 0.717) is 25.4 Å². The first-order chi connectivity index (χ1) is 17.4. The second-order valence-corrected chi connectivity index (χ2v) is 9.36. The summed E-state index contributed by atoms with van der Waals surface area (Å²) < 4.78 is 28.2. The lowest BCUT2D eigenvalue weighted by molar-refractivity contribution is -0.0179. The van der Waals surface area contributed by atoms with Crippen LogP contribution in [0.1, 0.15) is 65.2 Å². The molecule has 1 saturated carbocycles. The van der Waals surface area contributed by atoms with E-state index in [-0.39, 0.29) is 52.3 Å².